The number of hydrogen-bond donors (Lipinski definition) is 3. The maximum atomic E-state index is 12.4. The van der Waals surface area contributed by atoms with Crippen molar-refractivity contribution in [1.29, 1.82) is 0 Å². The number of benzene rings is 2. The molecule has 0 atom stereocenters. The van der Waals surface area contributed by atoms with E-state index in [4.69, 9.17) is 4.74 Å². The molecule has 1 amide bonds. The minimum absolute atomic E-state index is 0.0508. The third-order valence-electron chi connectivity index (χ3n) is 4.36. The molecule has 1 aliphatic rings. The Morgan fingerprint density at radius 1 is 1.15 bits per heavy atom. The maximum Gasteiger partial charge on any atom is 0.251 e. The zero-order valence-corrected chi connectivity index (χ0v) is 15.9. The topological polar surface area (TPSA) is 96.5 Å². The Balaban J connectivity index is 1.65. The first kappa shape index (κ1) is 19.5. The van der Waals surface area contributed by atoms with Gasteiger partial charge in [0.25, 0.3) is 5.91 Å². The molecule has 8 heteroatoms. The van der Waals surface area contributed by atoms with Crippen molar-refractivity contribution in [3.05, 3.63) is 64.7 Å². The van der Waals surface area contributed by atoms with Crippen LogP contribution in [0.2, 0.25) is 0 Å². The van der Waals surface area contributed by atoms with Gasteiger partial charge in [-0.15, -0.1) is 0 Å². The average molecular weight is 389 g/mol. The normalized spacial score (nSPS) is 13.4. The third-order valence-corrected chi connectivity index (χ3v) is 5.82. The van der Waals surface area contributed by atoms with E-state index in [9.17, 15) is 13.2 Å². The lowest BCUT2D eigenvalue weighted by Gasteiger charge is -2.09. The molecule has 2 aromatic rings. The summed E-state index contributed by atoms with van der Waals surface area (Å²) in [5, 5.41) is 6.13. The van der Waals surface area contributed by atoms with E-state index < -0.39 is 10.0 Å². The predicted molar refractivity (Wildman–Crippen MR) is 102 cm³/mol. The molecule has 144 valence electrons. The molecule has 0 aliphatic carbocycles. The Bertz CT molecular complexity index is 928. The van der Waals surface area contributed by atoms with Crippen LogP contribution in [0.1, 0.15) is 27.0 Å². The number of ether oxygens (including phenoxy) is 1. The quantitative estimate of drug-likeness (QED) is 0.589. The van der Waals surface area contributed by atoms with Crippen LogP contribution in [0.15, 0.2) is 47.4 Å². The highest BCUT2D eigenvalue weighted by Gasteiger charge is 2.16. The smallest absolute Gasteiger partial charge is 0.251 e. The molecule has 27 heavy (non-hydrogen) atoms. The van der Waals surface area contributed by atoms with Crippen molar-refractivity contribution >= 4 is 15.9 Å². The van der Waals surface area contributed by atoms with E-state index in [1.165, 1.54) is 30.4 Å². The fourth-order valence-corrected chi connectivity index (χ4v) is 3.97. The van der Waals surface area contributed by atoms with Crippen molar-refractivity contribution < 1.29 is 17.9 Å². The molecule has 1 aliphatic heterocycles. The number of carbonyl (C=O) groups is 1. The second-order valence-corrected chi connectivity index (χ2v) is 8.07. The van der Waals surface area contributed by atoms with Crippen LogP contribution < -0.4 is 15.4 Å². The highest BCUT2D eigenvalue weighted by atomic mass is 32.2. The Kier molecular flexibility index (Phi) is 6.22. The van der Waals surface area contributed by atoms with Gasteiger partial charge in [-0.25, -0.2) is 13.1 Å². The largest absolute Gasteiger partial charge is 0.383 e. The van der Waals surface area contributed by atoms with Crippen LogP contribution in [0.4, 0.5) is 0 Å². The molecule has 0 saturated carbocycles. The first-order chi connectivity index (χ1) is 13.0. The van der Waals surface area contributed by atoms with Crippen LogP contribution in [-0.2, 0) is 34.4 Å². The Morgan fingerprint density at radius 3 is 2.78 bits per heavy atom. The van der Waals surface area contributed by atoms with Gasteiger partial charge >= 0.3 is 0 Å². The molecule has 3 rings (SSSR count). The van der Waals surface area contributed by atoms with Gasteiger partial charge in [-0.2, -0.15) is 0 Å². The van der Waals surface area contributed by atoms with Gasteiger partial charge in [0.05, 0.1) is 11.5 Å². The van der Waals surface area contributed by atoms with Gasteiger partial charge in [0.1, 0.15) is 0 Å². The second-order valence-electron chi connectivity index (χ2n) is 6.31. The van der Waals surface area contributed by atoms with Gasteiger partial charge in [0.2, 0.25) is 10.0 Å². The summed E-state index contributed by atoms with van der Waals surface area (Å²) in [7, 11) is -2.18. The van der Waals surface area contributed by atoms with E-state index in [1.807, 2.05) is 6.07 Å². The van der Waals surface area contributed by atoms with Gasteiger partial charge in [0, 0.05) is 38.9 Å². The minimum atomic E-state index is -3.68. The van der Waals surface area contributed by atoms with Crippen LogP contribution in [0, 0.1) is 0 Å². The van der Waals surface area contributed by atoms with E-state index in [1.54, 1.807) is 12.1 Å². The lowest BCUT2D eigenvalue weighted by atomic mass is 10.1. The monoisotopic (exact) mass is 389 g/mol. The van der Waals surface area contributed by atoms with Gasteiger partial charge in [0.15, 0.2) is 0 Å². The summed E-state index contributed by atoms with van der Waals surface area (Å²) in [6.45, 7) is 2.54. The zero-order valence-electron chi connectivity index (χ0n) is 15.1. The highest BCUT2D eigenvalue weighted by molar-refractivity contribution is 7.89. The first-order valence-corrected chi connectivity index (χ1v) is 10.2. The number of nitrogens with one attached hydrogen (secondary N) is 3. The number of hydrogen-bond acceptors (Lipinski definition) is 5. The van der Waals surface area contributed by atoms with Crippen LogP contribution in [-0.4, -0.2) is 34.6 Å². The second kappa shape index (κ2) is 8.62. The zero-order chi connectivity index (χ0) is 19.3. The number of amides is 1. The molecule has 2 aromatic carbocycles. The number of carbonyl (C=O) groups excluding carboxylic acids is 1. The van der Waals surface area contributed by atoms with Gasteiger partial charge in [-0.1, -0.05) is 24.3 Å². The molecular formula is C19H23N3O4S. The van der Waals surface area contributed by atoms with Crippen LogP contribution >= 0.6 is 0 Å². The number of fused-ring (bicyclic) bond motifs is 1. The summed E-state index contributed by atoms with van der Waals surface area (Å²) < 4.78 is 31.8. The van der Waals surface area contributed by atoms with Gasteiger partial charge < -0.3 is 15.4 Å². The lowest BCUT2D eigenvalue weighted by Crippen LogP contribution is -2.28. The molecule has 0 radical (unpaired) electrons. The molecule has 0 saturated heterocycles. The van der Waals surface area contributed by atoms with Crippen LogP contribution in [0.5, 0.6) is 0 Å². The van der Waals surface area contributed by atoms with Gasteiger partial charge in [-0.05, 0) is 34.9 Å². The van der Waals surface area contributed by atoms with E-state index in [0.29, 0.717) is 12.1 Å². The molecule has 0 fully saturated rings. The van der Waals surface area contributed by atoms with Crippen LogP contribution in [0.25, 0.3) is 0 Å². The molecule has 1 heterocycles. The third kappa shape index (κ3) is 4.92. The lowest BCUT2D eigenvalue weighted by molar-refractivity contribution is 0.0950. The van der Waals surface area contributed by atoms with Crippen molar-refractivity contribution in [2.24, 2.45) is 0 Å². The van der Waals surface area contributed by atoms with Crippen molar-refractivity contribution in [1.82, 2.24) is 15.4 Å². The number of rotatable bonds is 8. The molecule has 0 spiro atoms. The molecule has 0 aromatic heterocycles. The summed E-state index contributed by atoms with van der Waals surface area (Å²) in [6, 6.07) is 12.1. The van der Waals surface area contributed by atoms with E-state index >= 15 is 0 Å². The minimum Gasteiger partial charge on any atom is -0.383 e. The first-order valence-electron chi connectivity index (χ1n) is 8.68. The fourth-order valence-electron chi connectivity index (χ4n) is 2.91. The van der Waals surface area contributed by atoms with Crippen molar-refractivity contribution in [2.75, 3.05) is 20.3 Å². The SMILES string of the molecule is COCCNS(=O)(=O)c1cccc(C(=O)NCc2ccc3c(c2)CNC3)c1. The molecule has 0 unspecified atom stereocenters. The Labute approximate surface area is 159 Å². The summed E-state index contributed by atoms with van der Waals surface area (Å²) in [6.07, 6.45) is 0. The standard InChI is InChI=1S/C19H23N3O4S/c1-26-8-7-22-27(24,25)18-4-2-3-15(10-18)19(23)21-11-14-5-6-16-12-20-13-17(16)9-14/h2-6,9-10,20,22H,7-8,11-13H2,1H3,(H,21,23). The summed E-state index contributed by atoms with van der Waals surface area (Å²) in [5.74, 6) is -0.317. The van der Waals surface area contributed by atoms with Crippen LogP contribution in [0.3, 0.4) is 0 Å². The van der Waals surface area contributed by atoms with Crippen molar-refractivity contribution in [3.8, 4) is 0 Å². The molecule has 0 bridgehead atoms. The van der Waals surface area contributed by atoms with Crippen molar-refractivity contribution in [3.63, 3.8) is 0 Å². The Hall–Kier alpha value is -2.26. The van der Waals surface area contributed by atoms with E-state index in [0.717, 1.165) is 18.7 Å². The summed E-state index contributed by atoms with van der Waals surface area (Å²) in [5.41, 5.74) is 3.84. The number of sulfonamides is 1. The fraction of sp³-hybridized carbons (Fsp3) is 0.316. The number of methoxy groups -OCH3 is 1. The molecule has 7 nitrogen and oxygen atoms in total. The van der Waals surface area contributed by atoms with E-state index in [2.05, 4.69) is 27.5 Å². The summed E-state index contributed by atoms with van der Waals surface area (Å²) in [4.78, 5) is 12.5. The summed E-state index contributed by atoms with van der Waals surface area (Å²) >= 11 is 0. The highest BCUT2D eigenvalue weighted by Crippen LogP contribution is 2.17. The van der Waals surface area contributed by atoms with E-state index in [-0.39, 0.29) is 24.0 Å². The molecular weight excluding hydrogens is 366 g/mol. The molecule has 3 N–H and O–H groups in total. The maximum absolute atomic E-state index is 12.4. The van der Waals surface area contributed by atoms with Gasteiger partial charge in [-0.3, -0.25) is 4.79 Å². The average Bonchev–Trinajstić information content (AvgIpc) is 3.14. The van der Waals surface area contributed by atoms with Crippen molar-refractivity contribution in [2.45, 2.75) is 24.5 Å². The predicted octanol–water partition coefficient (Wildman–Crippen LogP) is 1.14. The Morgan fingerprint density at radius 2 is 1.96 bits per heavy atom.